The lowest BCUT2D eigenvalue weighted by molar-refractivity contribution is -0.161. The van der Waals surface area contributed by atoms with Gasteiger partial charge in [0.05, 0.1) is 13.2 Å². The van der Waals surface area contributed by atoms with Gasteiger partial charge in [-0.3, -0.25) is 18.6 Å². The summed E-state index contributed by atoms with van der Waals surface area (Å²) in [5, 5.41) is 0. The van der Waals surface area contributed by atoms with E-state index in [1.54, 1.807) is 0 Å². The number of hydrogen-bond acceptors (Lipinski definition) is 8. The second-order valence-corrected chi connectivity index (χ2v) is 16.1. The van der Waals surface area contributed by atoms with Crippen LogP contribution in [0.5, 0.6) is 0 Å². The molecule has 0 aliphatic heterocycles. The molecule has 0 aromatic rings. The van der Waals surface area contributed by atoms with Gasteiger partial charge in [-0.15, -0.1) is 0 Å². The lowest BCUT2D eigenvalue weighted by Gasteiger charge is -2.19. The molecule has 314 valence electrons. The lowest BCUT2D eigenvalue weighted by Crippen LogP contribution is -2.29. The van der Waals surface area contributed by atoms with Gasteiger partial charge < -0.3 is 20.1 Å². The highest BCUT2D eigenvalue weighted by Gasteiger charge is 2.26. The van der Waals surface area contributed by atoms with Gasteiger partial charge in [0.25, 0.3) is 0 Å². The molecule has 0 saturated heterocycles. The number of carbonyl (C=O) groups is 2. The van der Waals surface area contributed by atoms with E-state index in [0.29, 0.717) is 6.42 Å². The van der Waals surface area contributed by atoms with Crippen molar-refractivity contribution in [2.24, 2.45) is 5.73 Å². The van der Waals surface area contributed by atoms with Gasteiger partial charge in [-0.05, 0) is 37.5 Å². The monoisotopic (exact) mass is 782 g/mol. The highest BCUT2D eigenvalue weighted by Crippen LogP contribution is 2.43. The van der Waals surface area contributed by atoms with Crippen molar-refractivity contribution < 1.29 is 37.6 Å². The Bertz CT molecular complexity index is 1050. The molecule has 0 aromatic carbocycles. The number of nitrogens with two attached hydrogens (primary N) is 1. The van der Waals surface area contributed by atoms with E-state index >= 15 is 0 Å². The Balaban J connectivity index is 4.17. The third-order valence-corrected chi connectivity index (χ3v) is 10.3. The number of carbonyl (C=O) groups excluding carboxylic acids is 2. The third kappa shape index (κ3) is 39.8. The van der Waals surface area contributed by atoms with Crippen LogP contribution >= 0.6 is 7.82 Å². The average Bonchev–Trinajstić information content (AvgIpc) is 3.16. The first-order chi connectivity index (χ1) is 26.3. The number of esters is 2. The number of phosphoric ester groups is 1. The summed E-state index contributed by atoms with van der Waals surface area (Å²) in [4.78, 5) is 34.8. The summed E-state index contributed by atoms with van der Waals surface area (Å²) in [7, 11) is -4.38. The maximum atomic E-state index is 12.6. The van der Waals surface area contributed by atoms with Crippen LogP contribution in [0.1, 0.15) is 213 Å². The quantitative estimate of drug-likeness (QED) is 0.0270. The average molecular weight is 782 g/mol. The standard InChI is InChI=1S/C44H80NO8P/c1-3-5-7-9-11-13-15-17-18-19-20-21-22-23-25-27-29-31-33-35-37-44(47)53-42(41-52-54(48,49)51-39-38-45)40-50-43(46)36-34-32-30-28-26-24-16-14-12-10-8-6-4-2/h42H,3-18,23-41,45H2,1-2H3,(H,48,49)/t42-/m1/s1. The summed E-state index contributed by atoms with van der Waals surface area (Å²) in [5.74, 6) is 11.4. The van der Waals surface area contributed by atoms with E-state index in [4.69, 9.17) is 24.3 Å². The molecule has 0 aliphatic rings. The zero-order valence-electron chi connectivity index (χ0n) is 34.7. The first-order valence-electron chi connectivity index (χ1n) is 22.0. The van der Waals surface area contributed by atoms with Crippen LogP contribution in [0.15, 0.2) is 0 Å². The number of hydrogen-bond donors (Lipinski definition) is 2. The van der Waals surface area contributed by atoms with E-state index in [9.17, 15) is 19.0 Å². The fourth-order valence-electron chi connectivity index (χ4n) is 6.04. The molecule has 0 fully saturated rings. The third-order valence-electron chi connectivity index (χ3n) is 9.34. The Kier molecular flexibility index (Phi) is 39.4. The van der Waals surface area contributed by atoms with Gasteiger partial charge >= 0.3 is 19.8 Å². The summed E-state index contributed by atoms with van der Waals surface area (Å²) < 4.78 is 32.7. The molecule has 0 spiro atoms. The minimum Gasteiger partial charge on any atom is -0.462 e. The van der Waals surface area contributed by atoms with Crippen LogP contribution in [0.4, 0.5) is 0 Å². The van der Waals surface area contributed by atoms with E-state index in [1.165, 1.54) is 116 Å². The van der Waals surface area contributed by atoms with Crippen LogP contribution in [-0.4, -0.2) is 49.3 Å². The zero-order valence-corrected chi connectivity index (χ0v) is 35.6. The first-order valence-corrected chi connectivity index (χ1v) is 23.5. The highest BCUT2D eigenvalue weighted by atomic mass is 31.2. The molecule has 0 rings (SSSR count). The molecule has 0 amide bonds. The largest absolute Gasteiger partial charge is 0.472 e. The lowest BCUT2D eigenvalue weighted by atomic mass is 10.0. The van der Waals surface area contributed by atoms with E-state index in [0.717, 1.165) is 64.2 Å². The Hall–Kier alpha value is -1.87. The number of unbranched alkanes of at least 4 members (excludes halogenated alkanes) is 26. The molecular formula is C44H80NO8P. The molecule has 0 saturated carbocycles. The van der Waals surface area contributed by atoms with Crippen molar-refractivity contribution in [3.8, 4) is 23.7 Å². The van der Waals surface area contributed by atoms with Crippen molar-refractivity contribution in [1.29, 1.82) is 0 Å². The predicted molar refractivity (Wildman–Crippen MR) is 222 cm³/mol. The molecule has 1 unspecified atom stereocenters. The van der Waals surface area contributed by atoms with Gasteiger partial charge in [0.15, 0.2) is 6.10 Å². The van der Waals surface area contributed by atoms with Gasteiger partial charge in [0.1, 0.15) is 6.61 Å². The summed E-state index contributed by atoms with van der Waals surface area (Å²) in [6.07, 6.45) is 33.3. The molecule has 0 heterocycles. The summed E-state index contributed by atoms with van der Waals surface area (Å²) in [6, 6.07) is 0. The summed E-state index contributed by atoms with van der Waals surface area (Å²) in [6.45, 7) is 3.69. The van der Waals surface area contributed by atoms with Crippen molar-refractivity contribution in [2.75, 3.05) is 26.4 Å². The van der Waals surface area contributed by atoms with E-state index in [-0.39, 0.29) is 32.6 Å². The number of ether oxygens (including phenoxy) is 2. The van der Waals surface area contributed by atoms with Crippen LogP contribution in [0.2, 0.25) is 0 Å². The Labute approximate surface area is 331 Å². The van der Waals surface area contributed by atoms with E-state index in [1.807, 2.05) is 0 Å². The molecular weight excluding hydrogens is 701 g/mol. The SMILES string of the molecule is CCCCCCCCCCC#CC#CCCCCCCCCC(=O)O[C@H](COC(=O)CCCCCCCCCCCCCCC)COP(=O)(O)OCCN. The topological polar surface area (TPSA) is 134 Å². The van der Waals surface area contributed by atoms with E-state index in [2.05, 4.69) is 37.5 Å². The summed E-state index contributed by atoms with van der Waals surface area (Å²) >= 11 is 0. The van der Waals surface area contributed by atoms with Crippen LogP contribution in [-0.2, 0) is 32.7 Å². The minimum atomic E-state index is -4.38. The minimum absolute atomic E-state index is 0.0475. The Morgan fingerprint density at radius 3 is 1.37 bits per heavy atom. The Morgan fingerprint density at radius 1 is 0.556 bits per heavy atom. The maximum absolute atomic E-state index is 12.6. The molecule has 0 aliphatic carbocycles. The highest BCUT2D eigenvalue weighted by molar-refractivity contribution is 7.47. The molecule has 0 bridgehead atoms. The first kappa shape index (κ1) is 52.1. The Morgan fingerprint density at radius 2 is 0.944 bits per heavy atom. The number of rotatable bonds is 39. The van der Waals surface area contributed by atoms with Gasteiger partial charge in [0, 0.05) is 32.2 Å². The van der Waals surface area contributed by atoms with Crippen LogP contribution in [0, 0.1) is 23.7 Å². The smallest absolute Gasteiger partial charge is 0.462 e. The van der Waals surface area contributed by atoms with Crippen molar-refractivity contribution in [2.45, 2.75) is 219 Å². The van der Waals surface area contributed by atoms with Crippen LogP contribution < -0.4 is 5.73 Å². The molecule has 0 radical (unpaired) electrons. The predicted octanol–water partition coefficient (Wildman–Crippen LogP) is 11.7. The van der Waals surface area contributed by atoms with Gasteiger partial charge in [-0.1, -0.05) is 173 Å². The second kappa shape index (κ2) is 40.8. The zero-order chi connectivity index (χ0) is 39.6. The van der Waals surface area contributed by atoms with Gasteiger partial charge in [-0.2, -0.15) is 0 Å². The fraction of sp³-hybridized carbons (Fsp3) is 0.864. The van der Waals surface area contributed by atoms with Crippen LogP contribution in [0.3, 0.4) is 0 Å². The van der Waals surface area contributed by atoms with E-state index < -0.39 is 32.5 Å². The fourth-order valence-corrected chi connectivity index (χ4v) is 6.80. The second-order valence-electron chi connectivity index (χ2n) is 14.6. The van der Waals surface area contributed by atoms with Crippen molar-refractivity contribution in [3.05, 3.63) is 0 Å². The van der Waals surface area contributed by atoms with Crippen molar-refractivity contribution in [1.82, 2.24) is 0 Å². The summed E-state index contributed by atoms with van der Waals surface area (Å²) in [5.41, 5.74) is 5.34. The van der Waals surface area contributed by atoms with Crippen molar-refractivity contribution >= 4 is 19.8 Å². The molecule has 2 atom stereocenters. The van der Waals surface area contributed by atoms with Crippen LogP contribution in [0.25, 0.3) is 0 Å². The normalized spacial score (nSPS) is 12.6. The maximum Gasteiger partial charge on any atom is 0.472 e. The molecule has 54 heavy (non-hydrogen) atoms. The van der Waals surface area contributed by atoms with Gasteiger partial charge in [0.2, 0.25) is 0 Å². The molecule has 9 nitrogen and oxygen atoms in total. The molecule has 10 heteroatoms. The molecule has 3 N–H and O–H groups in total. The number of phosphoric acid groups is 1. The van der Waals surface area contributed by atoms with Crippen molar-refractivity contribution in [3.63, 3.8) is 0 Å². The molecule has 0 aromatic heterocycles. The van der Waals surface area contributed by atoms with Gasteiger partial charge in [-0.25, -0.2) is 4.57 Å².